The molecule has 0 amide bonds. The van der Waals surface area contributed by atoms with Crippen molar-refractivity contribution in [1.82, 2.24) is 10.2 Å². The second kappa shape index (κ2) is 3.49. The highest BCUT2D eigenvalue weighted by Gasteiger charge is 2.10. The van der Waals surface area contributed by atoms with E-state index in [1.165, 1.54) is 0 Å². The zero-order valence-electron chi connectivity index (χ0n) is 5.63. The highest BCUT2D eigenvalue weighted by Crippen LogP contribution is 1.93. The average Bonchev–Trinajstić information content (AvgIpc) is 2.05. The molecule has 0 unspecified atom stereocenters. The van der Waals surface area contributed by atoms with Crippen LogP contribution in [0, 0.1) is 11.3 Å². The van der Waals surface area contributed by atoms with E-state index in [4.69, 9.17) is 17.5 Å². The van der Waals surface area contributed by atoms with Crippen LogP contribution in [-0.2, 0) is 0 Å². The van der Waals surface area contributed by atoms with Gasteiger partial charge in [0.05, 0.1) is 0 Å². The SMILES string of the molecule is N#CC(=S)N1CCNCC1. The second-order valence-electron chi connectivity index (χ2n) is 2.15. The van der Waals surface area contributed by atoms with Gasteiger partial charge in [-0.25, -0.2) is 0 Å². The van der Waals surface area contributed by atoms with E-state index in [1.807, 2.05) is 11.0 Å². The van der Waals surface area contributed by atoms with Gasteiger partial charge in [-0.05, 0) is 12.2 Å². The standard InChI is InChI=1S/C6H9N3S/c7-5-6(10)9-3-1-8-2-4-9/h8H,1-4H2. The van der Waals surface area contributed by atoms with Crippen molar-refractivity contribution >= 4 is 17.2 Å². The quantitative estimate of drug-likeness (QED) is 0.489. The maximum atomic E-state index is 8.43. The Labute approximate surface area is 65.6 Å². The molecule has 3 nitrogen and oxygen atoms in total. The summed E-state index contributed by atoms with van der Waals surface area (Å²) in [5, 5.41) is 11.6. The van der Waals surface area contributed by atoms with Crippen LogP contribution in [0.15, 0.2) is 0 Å². The molecule has 54 valence electrons. The zero-order valence-corrected chi connectivity index (χ0v) is 6.45. The third-order valence-corrected chi connectivity index (χ3v) is 1.85. The molecule has 4 heteroatoms. The van der Waals surface area contributed by atoms with Crippen LogP contribution in [0.4, 0.5) is 0 Å². The predicted octanol–water partition coefficient (Wildman–Crippen LogP) is -0.257. The predicted molar refractivity (Wildman–Crippen MR) is 42.7 cm³/mol. The van der Waals surface area contributed by atoms with Crippen molar-refractivity contribution in [3.63, 3.8) is 0 Å². The van der Waals surface area contributed by atoms with Crippen LogP contribution in [0.2, 0.25) is 0 Å². The Hall–Kier alpha value is -0.660. The topological polar surface area (TPSA) is 39.1 Å². The molecule has 0 saturated carbocycles. The first-order valence-corrected chi connectivity index (χ1v) is 3.65. The molecule has 1 saturated heterocycles. The average molecular weight is 155 g/mol. The molecule has 0 aromatic heterocycles. The normalized spacial score (nSPS) is 18.1. The van der Waals surface area contributed by atoms with E-state index in [0.29, 0.717) is 4.99 Å². The van der Waals surface area contributed by atoms with Gasteiger partial charge < -0.3 is 10.2 Å². The number of nitriles is 1. The minimum atomic E-state index is 0.418. The maximum Gasteiger partial charge on any atom is 0.180 e. The molecule has 1 aliphatic rings. The smallest absolute Gasteiger partial charge is 0.180 e. The van der Waals surface area contributed by atoms with E-state index in [0.717, 1.165) is 26.2 Å². The summed E-state index contributed by atoms with van der Waals surface area (Å²) in [6.07, 6.45) is 0. The third kappa shape index (κ3) is 1.66. The van der Waals surface area contributed by atoms with E-state index < -0.39 is 0 Å². The molecule has 1 heterocycles. The summed E-state index contributed by atoms with van der Waals surface area (Å²) in [6, 6.07) is 1.96. The molecule has 1 aliphatic heterocycles. The van der Waals surface area contributed by atoms with Gasteiger partial charge in [0.15, 0.2) is 4.99 Å². The van der Waals surface area contributed by atoms with E-state index in [-0.39, 0.29) is 0 Å². The van der Waals surface area contributed by atoms with Gasteiger partial charge in [-0.1, -0.05) is 0 Å². The van der Waals surface area contributed by atoms with E-state index >= 15 is 0 Å². The van der Waals surface area contributed by atoms with Crippen LogP contribution in [0.5, 0.6) is 0 Å². The Balaban J connectivity index is 2.40. The number of nitrogens with zero attached hydrogens (tertiary/aromatic N) is 2. The maximum absolute atomic E-state index is 8.43. The summed E-state index contributed by atoms with van der Waals surface area (Å²) < 4.78 is 0. The first kappa shape index (κ1) is 7.45. The van der Waals surface area contributed by atoms with Crippen LogP contribution < -0.4 is 5.32 Å². The Bertz CT molecular complexity index is 166. The van der Waals surface area contributed by atoms with Gasteiger partial charge in [-0.3, -0.25) is 0 Å². The van der Waals surface area contributed by atoms with E-state index in [9.17, 15) is 0 Å². The summed E-state index contributed by atoms with van der Waals surface area (Å²) in [6.45, 7) is 3.60. The highest BCUT2D eigenvalue weighted by molar-refractivity contribution is 7.80. The Morgan fingerprint density at radius 2 is 2.10 bits per heavy atom. The molecule has 0 spiro atoms. The first-order chi connectivity index (χ1) is 4.84. The van der Waals surface area contributed by atoms with Crippen molar-refractivity contribution in [2.75, 3.05) is 26.2 Å². The lowest BCUT2D eigenvalue weighted by molar-refractivity contribution is 0.364. The summed E-state index contributed by atoms with van der Waals surface area (Å²) in [7, 11) is 0. The molecule has 1 fully saturated rings. The van der Waals surface area contributed by atoms with Crippen LogP contribution in [-0.4, -0.2) is 36.1 Å². The van der Waals surface area contributed by atoms with Gasteiger partial charge in [0, 0.05) is 26.2 Å². The van der Waals surface area contributed by atoms with Gasteiger partial charge >= 0.3 is 0 Å². The van der Waals surface area contributed by atoms with Crippen molar-refractivity contribution in [3.05, 3.63) is 0 Å². The van der Waals surface area contributed by atoms with Gasteiger partial charge in [0.1, 0.15) is 6.07 Å². The largest absolute Gasteiger partial charge is 0.352 e. The fraction of sp³-hybridized carbons (Fsp3) is 0.667. The molecule has 1 rings (SSSR count). The Morgan fingerprint density at radius 1 is 1.50 bits per heavy atom. The van der Waals surface area contributed by atoms with Crippen LogP contribution in [0.1, 0.15) is 0 Å². The summed E-state index contributed by atoms with van der Waals surface area (Å²) in [5.41, 5.74) is 0. The Kier molecular flexibility index (Phi) is 2.60. The zero-order chi connectivity index (χ0) is 7.40. The third-order valence-electron chi connectivity index (χ3n) is 1.50. The second-order valence-corrected chi connectivity index (χ2v) is 2.54. The minimum Gasteiger partial charge on any atom is -0.352 e. The van der Waals surface area contributed by atoms with Crippen molar-refractivity contribution in [3.8, 4) is 6.07 Å². The molecule has 0 aromatic carbocycles. The summed E-state index contributed by atoms with van der Waals surface area (Å²) in [5.74, 6) is 0. The van der Waals surface area contributed by atoms with E-state index in [1.54, 1.807) is 0 Å². The van der Waals surface area contributed by atoms with Crippen molar-refractivity contribution in [1.29, 1.82) is 5.26 Å². The molecule has 1 N–H and O–H groups in total. The van der Waals surface area contributed by atoms with Crippen molar-refractivity contribution in [2.45, 2.75) is 0 Å². The number of piperazine rings is 1. The Morgan fingerprint density at radius 3 is 2.60 bits per heavy atom. The number of nitrogens with one attached hydrogen (secondary N) is 1. The van der Waals surface area contributed by atoms with Gasteiger partial charge in [-0.2, -0.15) is 5.26 Å². The number of hydrogen-bond donors (Lipinski definition) is 1. The van der Waals surface area contributed by atoms with Crippen LogP contribution in [0.25, 0.3) is 0 Å². The number of thiocarbonyl (C=S) groups is 1. The summed E-state index contributed by atoms with van der Waals surface area (Å²) >= 11 is 4.81. The number of rotatable bonds is 0. The lowest BCUT2D eigenvalue weighted by atomic mass is 10.4. The molecule has 10 heavy (non-hydrogen) atoms. The molecule has 0 aliphatic carbocycles. The van der Waals surface area contributed by atoms with E-state index in [2.05, 4.69) is 5.32 Å². The van der Waals surface area contributed by atoms with Crippen molar-refractivity contribution in [2.24, 2.45) is 0 Å². The minimum absolute atomic E-state index is 0.418. The monoisotopic (exact) mass is 155 g/mol. The van der Waals surface area contributed by atoms with Crippen LogP contribution >= 0.6 is 12.2 Å². The summed E-state index contributed by atoms with van der Waals surface area (Å²) in [4.78, 5) is 2.34. The lowest BCUT2D eigenvalue weighted by Crippen LogP contribution is -2.45. The number of hydrogen-bond acceptors (Lipinski definition) is 3. The molecule has 0 atom stereocenters. The van der Waals surface area contributed by atoms with Gasteiger partial charge in [-0.15, -0.1) is 0 Å². The van der Waals surface area contributed by atoms with Crippen LogP contribution in [0.3, 0.4) is 0 Å². The first-order valence-electron chi connectivity index (χ1n) is 3.24. The molecular formula is C6H9N3S. The fourth-order valence-electron chi connectivity index (χ4n) is 0.939. The molecule has 0 radical (unpaired) electrons. The van der Waals surface area contributed by atoms with Crippen molar-refractivity contribution < 1.29 is 0 Å². The van der Waals surface area contributed by atoms with Gasteiger partial charge in [0.25, 0.3) is 0 Å². The highest BCUT2D eigenvalue weighted by atomic mass is 32.1. The molecular weight excluding hydrogens is 146 g/mol. The molecule has 0 aromatic rings. The fourth-order valence-corrected chi connectivity index (χ4v) is 1.12. The van der Waals surface area contributed by atoms with Gasteiger partial charge in [0.2, 0.25) is 0 Å². The molecule has 0 bridgehead atoms. The lowest BCUT2D eigenvalue weighted by Gasteiger charge is -2.26.